The molecule has 140 valence electrons. The summed E-state index contributed by atoms with van der Waals surface area (Å²) in [6, 6.07) is 4.69. The van der Waals surface area contributed by atoms with Crippen LogP contribution in [0.3, 0.4) is 0 Å². The van der Waals surface area contributed by atoms with Gasteiger partial charge in [-0.2, -0.15) is 0 Å². The molecule has 0 radical (unpaired) electrons. The average molecular weight is 353 g/mol. The van der Waals surface area contributed by atoms with E-state index in [0.29, 0.717) is 43.2 Å². The number of unbranched alkanes of at least 4 members (excludes halogenated alkanes) is 1. The lowest BCUT2D eigenvalue weighted by molar-refractivity contribution is -0.119. The van der Waals surface area contributed by atoms with Gasteiger partial charge in [0.05, 0.1) is 12.7 Å². The second-order valence-corrected chi connectivity index (χ2v) is 6.28. The molecule has 1 aromatic rings. The fourth-order valence-electron chi connectivity index (χ4n) is 2.39. The molecule has 1 aromatic carbocycles. The highest BCUT2D eigenvalue weighted by atomic mass is 19.1. The lowest BCUT2D eigenvalue weighted by Crippen LogP contribution is -2.35. The maximum atomic E-state index is 14.1. The summed E-state index contributed by atoms with van der Waals surface area (Å²) in [5.74, 6) is -1.02. The SMILES string of the molecule is C[C@@H](OCc1ccc(CCCCC(N)=O)c(F)c1)[C@@H](N)CCC(N)=O. The summed E-state index contributed by atoms with van der Waals surface area (Å²) in [5, 5.41) is 0. The molecule has 0 heterocycles. The Hall–Kier alpha value is -1.99. The van der Waals surface area contributed by atoms with Gasteiger partial charge in [0.25, 0.3) is 0 Å². The Morgan fingerprint density at radius 3 is 2.44 bits per heavy atom. The molecule has 0 bridgehead atoms. The Kier molecular flexibility index (Phi) is 9.08. The average Bonchev–Trinajstić information content (AvgIpc) is 2.55. The van der Waals surface area contributed by atoms with Crippen molar-refractivity contribution in [3.63, 3.8) is 0 Å². The molecule has 0 aliphatic carbocycles. The minimum absolute atomic E-state index is 0.216. The number of ether oxygens (including phenoxy) is 1. The minimum atomic E-state index is -0.392. The molecule has 0 saturated carbocycles. The molecule has 7 heteroatoms. The molecule has 6 nitrogen and oxygen atoms in total. The van der Waals surface area contributed by atoms with E-state index in [1.807, 2.05) is 13.0 Å². The van der Waals surface area contributed by atoms with E-state index in [-0.39, 0.29) is 36.9 Å². The van der Waals surface area contributed by atoms with Crippen molar-refractivity contribution < 1.29 is 18.7 Å². The van der Waals surface area contributed by atoms with Crippen LogP contribution in [0.15, 0.2) is 18.2 Å². The van der Waals surface area contributed by atoms with Gasteiger partial charge in [-0.3, -0.25) is 9.59 Å². The molecule has 25 heavy (non-hydrogen) atoms. The van der Waals surface area contributed by atoms with Gasteiger partial charge < -0.3 is 21.9 Å². The Bertz CT molecular complexity index is 581. The number of amides is 2. The Morgan fingerprint density at radius 2 is 1.84 bits per heavy atom. The van der Waals surface area contributed by atoms with Crippen LogP contribution in [0.1, 0.15) is 50.2 Å². The zero-order chi connectivity index (χ0) is 18.8. The molecule has 0 fully saturated rings. The third-order valence-electron chi connectivity index (χ3n) is 4.08. The van der Waals surface area contributed by atoms with Gasteiger partial charge in [-0.05, 0) is 49.8 Å². The van der Waals surface area contributed by atoms with Crippen molar-refractivity contribution in [3.05, 3.63) is 35.1 Å². The molecular formula is C18H28FN3O3. The fourth-order valence-corrected chi connectivity index (χ4v) is 2.39. The predicted octanol–water partition coefficient (Wildman–Crippen LogP) is 1.52. The van der Waals surface area contributed by atoms with Crippen molar-refractivity contribution in [2.24, 2.45) is 17.2 Å². The first-order chi connectivity index (χ1) is 11.8. The highest BCUT2D eigenvalue weighted by molar-refractivity contribution is 5.73. The Labute approximate surface area is 147 Å². The van der Waals surface area contributed by atoms with Crippen molar-refractivity contribution in [2.45, 2.75) is 64.2 Å². The number of halogens is 1. The highest BCUT2D eigenvalue weighted by Crippen LogP contribution is 2.16. The summed E-state index contributed by atoms with van der Waals surface area (Å²) in [4.78, 5) is 21.4. The number of carbonyl (C=O) groups excluding carboxylic acids is 2. The van der Waals surface area contributed by atoms with Gasteiger partial charge in [0, 0.05) is 18.9 Å². The van der Waals surface area contributed by atoms with E-state index in [1.54, 1.807) is 6.07 Å². The maximum Gasteiger partial charge on any atom is 0.217 e. The summed E-state index contributed by atoms with van der Waals surface area (Å²) < 4.78 is 19.8. The van der Waals surface area contributed by atoms with Crippen molar-refractivity contribution in [3.8, 4) is 0 Å². The number of hydrogen-bond acceptors (Lipinski definition) is 4. The Balaban J connectivity index is 2.43. The zero-order valence-corrected chi connectivity index (χ0v) is 14.7. The molecule has 0 aromatic heterocycles. The van der Waals surface area contributed by atoms with E-state index in [1.165, 1.54) is 6.07 Å². The van der Waals surface area contributed by atoms with Crippen LogP contribution in [0.2, 0.25) is 0 Å². The number of hydrogen-bond donors (Lipinski definition) is 3. The standard InChI is InChI=1S/C18H28FN3O3/c1-12(16(20)8-9-18(22)24)25-11-13-6-7-14(15(19)10-13)4-2-3-5-17(21)23/h6-7,10,12,16H,2-5,8-9,11,20H2,1H3,(H2,21,23)(H2,22,24)/t12-,16+/m1/s1. The first-order valence-electron chi connectivity index (χ1n) is 8.50. The van der Waals surface area contributed by atoms with E-state index in [9.17, 15) is 14.0 Å². The molecule has 6 N–H and O–H groups in total. The number of benzene rings is 1. The molecule has 0 aliphatic heterocycles. The number of aryl methyl sites for hydroxylation is 1. The second-order valence-electron chi connectivity index (χ2n) is 6.28. The molecule has 2 atom stereocenters. The first kappa shape index (κ1) is 21.1. The molecular weight excluding hydrogens is 325 g/mol. The fraction of sp³-hybridized carbons (Fsp3) is 0.556. The molecule has 0 saturated heterocycles. The van der Waals surface area contributed by atoms with Crippen LogP contribution in [-0.2, 0) is 27.4 Å². The van der Waals surface area contributed by atoms with Gasteiger partial charge in [-0.15, -0.1) is 0 Å². The largest absolute Gasteiger partial charge is 0.372 e. The normalized spacial score (nSPS) is 13.4. The van der Waals surface area contributed by atoms with Crippen LogP contribution in [0, 0.1) is 5.82 Å². The van der Waals surface area contributed by atoms with E-state index in [2.05, 4.69) is 0 Å². The summed E-state index contributed by atoms with van der Waals surface area (Å²) in [7, 11) is 0. The number of nitrogens with two attached hydrogens (primary N) is 3. The van der Waals surface area contributed by atoms with Crippen LogP contribution in [-0.4, -0.2) is 24.0 Å². The smallest absolute Gasteiger partial charge is 0.217 e. The van der Waals surface area contributed by atoms with Gasteiger partial charge in [0.15, 0.2) is 0 Å². The number of rotatable bonds is 12. The Morgan fingerprint density at radius 1 is 1.16 bits per heavy atom. The van der Waals surface area contributed by atoms with E-state index in [4.69, 9.17) is 21.9 Å². The van der Waals surface area contributed by atoms with E-state index >= 15 is 0 Å². The lowest BCUT2D eigenvalue weighted by Gasteiger charge is -2.20. The topological polar surface area (TPSA) is 121 Å². The number of primary amides is 2. The summed E-state index contributed by atoms with van der Waals surface area (Å²) in [6.07, 6.45) is 2.65. The molecule has 0 spiro atoms. The lowest BCUT2D eigenvalue weighted by atomic mass is 10.0. The minimum Gasteiger partial charge on any atom is -0.372 e. The monoisotopic (exact) mass is 353 g/mol. The zero-order valence-electron chi connectivity index (χ0n) is 14.7. The quantitative estimate of drug-likeness (QED) is 0.493. The van der Waals surface area contributed by atoms with Crippen LogP contribution < -0.4 is 17.2 Å². The molecule has 0 unspecified atom stereocenters. The van der Waals surface area contributed by atoms with Crippen LogP contribution in [0.5, 0.6) is 0 Å². The first-order valence-corrected chi connectivity index (χ1v) is 8.50. The van der Waals surface area contributed by atoms with Gasteiger partial charge in [0.1, 0.15) is 5.82 Å². The van der Waals surface area contributed by atoms with Gasteiger partial charge in [0.2, 0.25) is 11.8 Å². The van der Waals surface area contributed by atoms with Crippen molar-refractivity contribution in [2.75, 3.05) is 0 Å². The predicted molar refractivity (Wildman–Crippen MR) is 93.8 cm³/mol. The van der Waals surface area contributed by atoms with Crippen LogP contribution >= 0.6 is 0 Å². The van der Waals surface area contributed by atoms with Crippen molar-refractivity contribution >= 4 is 11.8 Å². The second kappa shape index (κ2) is 10.8. The van der Waals surface area contributed by atoms with Gasteiger partial charge >= 0.3 is 0 Å². The van der Waals surface area contributed by atoms with Crippen molar-refractivity contribution in [1.82, 2.24) is 0 Å². The maximum absolute atomic E-state index is 14.1. The molecule has 0 aliphatic rings. The van der Waals surface area contributed by atoms with Crippen LogP contribution in [0.4, 0.5) is 4.39 Å². The van der Waals surface area contributed by atoms with Gasteiger partial charge in [-0.25, -0.2) is 4.39 Å². The molecule has 1 rings (SSSR count). The molecule has 2 amide bonds. The van der Waals surface area contributed by atoms with E-state index < -0.39 is 5.91 Å². The third kappa shape index (κ3) is 8.60. The summed E-state index contributed by atoms with van der Waals surface area (Å²) >= 11 is 0. The van der Waals surface area contributed by atoms with Gasteiger partial charge in [-0.1, -0.05) is 12.1 Å². The summed E-state index contributed by atoms with van der Waals surface area (Å²) in [5.41, 5.74) is 17.4. The number of carbonyl (C=O) groups is 2. The highest BCUT2D eigenvalue weighted by Gasteiger charge is 2.14. The third-order valence-corrected chi connectivity index (χ3v) is 4.08. The van der Waals surface area contributed by atoms with Crippen molar-refractivity contribution in [1.29, 1.82) is 0 Å². The van der Waals surface area contributed by atoms with Crippen LogP contribution in [0.25, 0.3) is 0 Å². The van der Waals surface area contributed by atoms with E-state index in [0.717, 1.165) is 0 Å². The summed E-state index contributed by atoms with van der Waals surface area (Å²) in [6.45, 7) is 2.05.